The smallest absolute Gasteiger partial charge is 0.230 e. The summed E-state index contributed by atoms with van der Waals surface area (Å²) in [4.78, 5) is 13.2. The van der Waals surface area contributed by atoms with E-state index < -0.39 is 0 Å². The van der Waals surface area contributed by atoms with Crippen LogP contribution in [0.4, 0.5) is 0 Å². The number of ether oxygens (including phenoxy) is 1. The van der Waals surface area contributed by atoms with Gasteiger partial charge in [-0.1, -0.05) is 61.4 Å². The van der Waals surface area contributed by atoms with Crippen LogP contribution >= 0.6 is 11.8 Å². The number of carbonyl (C=O) groups excluding carboxylic acids is 1. The molecule has 0 atom stereocenters. The van der Waals surface area contributed by atoms with Gasteiger partial charge in [0.15, 0.2) is 5.16 Å². The van der Waals surface area contributed by atoms with E-state index in [4.69, 9.17) is 4.74 Å². The van der Waals surface area contributed by atoms with Crippen LogP contribution in [0.15, 0.2) is 35.5 Å². The number of nitrogens with one attached hydrogen (secondary N) is 1. The van der Waals surface area contributed by atoms with Crippen LogP contribution in [-0.4, -0.2) is 46.7 Å². The standard InChI is InChI=1S/C21H30N4O2S/c1-25-18(23-24-20(25)28-16-15-27-2)11-14-22-19(26)21(12-7-4-8-13-21)17-9-5-3-6-10-17/h3,5-6,9-10H,4,7-8,11-16H2,1-2H3,(H,22,26). The molecule has 1 aliphatic rings. The Labute approximate surface area is 171 Å². The molecule has 1 heterocycles. The summed E-state index contributed by atoms with van der Waals surface area (Å²) < 4.78 is 7.08. The molecule has 7 heteroatoms. The zero-order chi connectivity index (χ0) is 19.8. The first-order valence-corrected chi connectivity index (χ1v) is 11.0. The topological polar surface area (TPSA) is 69.0 Å². The van der Waals surface area contributed by atoms with Gasteiger partial charge in [-0.05, 0) is 18.4 Å². The lowest BCUT2D eigenvalue weighted by molar-refractivity contribution is -0.128. The van der Waals surface area contributed by atoms with Gasteiger partial charge in [0.05, 0.1) is 12.0 Å². The molecule has 0 unspecified atom stereocenters. The maximum Gasteiger partial charge on any atom is 0.230 e. The Bertz CT molecular complexity index is 757. The molecule has 1 aromatic carbocycles. The van der Waals surface area contributed by atoms with Gasteiger partial charge in [0, 0.05) is 32.9 Å². The molecule has 1 N–H and O–H groups in total. The highest BCUT2D eigenvalue weighted by molar-refractivity contribution is 7.99. The minimum atomic E-state index is -0.388. The molecular weight excluding hydrogens is 372 g/mol. The van der Waals surface area contributed by atoms with Crippen molar-refractivity contribution in [3.63, 3.8) is 0 Å². The Hall–Kier alpha value is -1.86. The third-order valence-electron chi connectivity index (χ3n) is 5.55. The van der Waals surface area contributed by atoms with Crippen LogP contribution in [0.3, 0.4) is 0 Å². The summed E-state index contributed by atoms with van der Waals surface area (Å²) in [6, 6.07) is 10.3. The van der Waals surface area contributed by atoms with Gasteiger partial charge < -0.3 is 14.6 Å². The summed E-state index contributed by atoms with van der Waals surface area (Å²) >= 11 is 1.63. The van der Waals surface area contributed by atoms with Crippen LogP contribution in [-0.2, 0) is 28.4 Å². The van der Waals surface area contributed by atoms with Gasteiger partial charge in [-0.25, -0.2) is 0 Å². The van der Waals surface area contributed by atoms with Crippen LogP contribution in [0.5, 0.6) is 0 Å². The lowest BCUT2D eigenvalue weighted by Crippen LogP contribution is -2.46. The first kappa shape index (κ1) is 20.9. The molecule has 1 aliphatic carbocycles. The number of methoxy groups -OCH3 is 1. The number of nitrogens with zero attached hydrogens (tertiary/aromatic N) is 3. The molecule has 0 spiro atoms. The normalized spacial score (nSPS) is 16.1. The van der Waals surface area contributed by atoms with E-state index in [1.165, 1.54) is 6.42 Å². The second-order valence-corrected chi connectivity index (χ2v) is 8.38. The van der Waals surface area contributed by atoms with Crippen molar-refractivity contribution in [3.8, 4) is 0 Å². The van der Waals surface area contributed by atoms with Crippen LogP contribution < -0.4 is 5.32 Å². The molecule has 1 aromatic heterocycles. The molecule has 0 bridgehead atoms. The molecule has 6 nitrogen and oxygen atoms in total. The van der Waals surface area contributed by atoms with Crippen LogP contribution in [0.1, 0.15) is 43.5 Å². The zero-order valence-electron chi connectivity index (χ0n) is 16.8. The summed E-state index contributed by atoms with van der Waals surface area (Å²) in [6.45, 7) is 1.26. The quantitative estimate of drug-likeness (QED) is 0.516. The fourth-order valence-corrected chi connectivity index (χ4v) is 4.75. The first-order valence-electron chi connectivity index (χ1n) is 10.0. The number of hydrogen-bond acceptors (Lipinski definition) is 5. The summed E-state index contributed by atoms with van der Waals surface area (Å²) in [6.07, 6.45) is 5.94. The minimum absolute atomic E-state index is 0.148. The Morgan fingerprint density at radius 3 is 2.68 bits per heavy atom. The van der Waals surface area contributed by atoms with E-state index in [1.807, 2.05) is 29.8 Å². The number of thioether (sulfide) groups is 1. The lowest BCUT2D eigenvalue weighted by Gasteiger charge is -2.36. The van der Waals surface area contributed by atoms with E-state index in [0.717, 1.165) is 48.0 Å². The van der Waals surface area contributed by atoms with Crippen molar-refractivity contribution in [2.45, 2.75) is 49.1 Å². The maximum atomic E-state index is 13.2. The highest BCUT2D eigenvalue weighted by atomic mass is 32.2. The van der Waals surface area contributed by atoms with E-state index in [2.05, 4.69) is 27.6 Å². The Balaban J connectivity index is 1.60. The minimum Gasteiger partial charge on any atom is -0.384 e. The van der Waals surface area contributed by atoms with Crippen molar-refractivity contribution in [2.75, 3.05) is 26.0 Å². The predicted molar refractivity (Wildman–Crippen MR) is 112 cm³/mol. The Morgan fingerprint density at radius 1 is 1.21 bits per heavy atom. The van der Waals surface area contributed by atoms with Crippen LogP contribution in [0.2, 0.25) is 0 Å². The number of benzene rings is 1. The van der Waals surface area contributed by atoms with Gasteiger partial charge >= 0.3 is 0 Å². The van der Waals surface area contributed by atoms with Gasteiger partial charge in [0.2, 0.25) is 5.91 Å². The van der Waals surface area contributed by atoms with E-state index in [1.54, 1.807) is 18.9 Å². The SMILES string of the molecule is COCCSc1nnc(CCNC(=O)C2(c3ccccc3)CCCCC2)n1C. The lowest BCUT2D eigenvalue weighted by atomic mass is 9.68. The summed E-state index contributed by atoms with van der Waals surface area (Å²) in [5.41, 5.74) is 0.753. The molecule has 1 saturated carbocycles. The number of hydrogen-bond donors (Lipinski definition) is 1. The molecule has 1 amide bonds. The molecule has 1 fully saturated rings. The van der Waals surface area contributed by atoms with E-state index in [-0.39, 0.29) is 11.3 Å². The van der Waals surface area contributed by atoms with Crippen molar-refractivity contribution >= 4 is 17.7 Å². The summed E-state index contributed by atoms with van der Waals surface area (Å²) in [5.74, 6) is 1.88. The molecule has 0 aliphatic heterocycles. The highest BCUT2D eigenvalue weighted by Crippen LogP contribution is 2.39. The van der Waals surface area contributed by atoms with Gasteiger partial charge in [-0.2, -0.15) is 0 Å². The molecule has 0 saturated heterocycles. The fourth-order valence-electron chi connectivity index (χ4n) is 3.92. The largest absolute Gasteiger partial charge is 0.384 e. The fraction of sp³-hybridized carbons (Fsp3) is 0.571. The maximum absolute atomic E-state index is 13.2. The third-order valence-corrected chi connectivity index (χ3v) is 6.53. The molecule has 2 aromatic rings. The van der Waals surface area contributed by atoms with Gasteiger partial charge in [-0.15, -0.1) is 10.2 Å². The number of aromatic nitrogens is 3. The summed E-state index contributed by atoms with van der Waals surface area (Å²) in [7, 11) is 3.67. The molecule has 28 heavy (non-hydrogen) atoms. The number of rotatable bonds is 9. The van der Waals surface area contributed by atoms with Crippen LogP contribution in [0, 0.1) is 0 Å². The van der Waals surface area contributed by atoms with E-state index in [9.17, 15) is 4.79 Å². The van der Waals surface area contributed by atoms with Crippen molar-refractivity contribution in [1.29, 1.82) is 0 Å². The number of amides is 1. The van der Waals surface area contributed by atoms with Crippen LogP contribution in [0.25, 0.3) is 0 Å². The van der Waals surface area contributed by atoms with E-state index >= 15 is 0 Å². The average molecular weight is 403 g/mol. The predicted octanol–water partition coefficient (Wildman–Crippen LogP) is 3.11. The third kappa shape index (κ3) is 4.75. The van der Waals surface area contributed by atoms with Crippen molar-refractivity contribution in [2.24, 2.45) is 7.05 Å². The average Bonchev–Trinajstić information content (AvgIpc) is 3.09. The highest BCUT2D eigenvalue weighted by Gasteiger charge is 2.40. The Kier molecular flexibility index (Phi) is 7.50. The first-order chi connectivity index (χ1) is 13.7. The van der Waals surface area contributed by atoms with Crippen molar-refractivity contribution in [1.82, 2.24) is 20.1 Å². The monoisotopic (exact) mass is 402 g/mol. The number of carbonyl (C=O) groups is 1. The zero-order valence-corrected chi connectivity index (χ0v) is 17.6. The van der Waals surface area contributed by atoms with E-state index in [0.29, 0.717) is 19.6 Å². The molecule has 3 rings (SSSR count). The van der Waals surface area contributed by atoms with Crippen molar-refractivity contribution in [3.05, 3.63) is 41.7 Å². The molecule has 152 valence electrons. The van der Waals surface area contributed by atoms with Crippen molar-refractivity contribution < 1.29 is 9.53 Å². The second kappa shape index (κ2) is 10.1. The summed E-state index contributed by atoms with van der Waals surface area (Å²) in [5, 5.41) is 12.6. The van der Waals surface area contributed by atoms with Gasteiger partial charge in [0.25, 0.3) is 0 Å². The molecule has 0 radical (unpaired) electrons. The Morgan fingerprint density at radius 2 is 1.96 bits per heavy atom. The van der Waals surface area contributed by atoms with Gasteiger partial charge in [0.1, 0.15) is 5.82 Å². The molecular formula is C21H30N4O2S. The second-order valence-electron chi connectivity index (χ2n) is 7.31. The van der Waals surface area contributed by atoms with Gasteiger partial charge in [-0.3, -0.25) is 4.79 Å².